The van der Waals surface area contributed by atoms with Crippen LogP contribution in [0.2, 0.25) is 0 Å². The predicted molar refractivity (Wildman–Crippen MR) is 63.1 cm³/mol. The van der Waals surface area contributed by atoms with Gasteiger partial charge in [0, 0.05) is 13.1 Å². The van der Waals surface area contributed by atoms with Gasteiger partial charge in [0.05, 0.1) is 19.6 Å². The molecule has 0 spiro atoms. The first-order chi connectivity index (χ1) is 8.13. The first-order valence-electron chi connectivity index (χ1n) is 5.38. The quantitative estimate of drug-likeness (QED) is 0.613. The molecule has 1 atom stereocenters. The van der Waals surface area contributed by atoms with Gasteiger partial charge in [-0.15, -0.1) is 0 Å². The number of ether oxygens (including phenoxy) is 1. The van der Waals surface area contributed by atoms with Gasteiger partial charge in [0.15, 0.2) is 0 Å². The predicted octanol–water partition coefficient (Wildman–Crippen LogP) is 0.793. The molecule has 1 rings (SSSR count). The van der Waals surface area contributed by atoms with Crippen LogP contribution in [0.5, 0.6) is 5.75 Å². The Bertz CT molecular complexity index is 350. The summed E-state index contributed by atoms with van der Waals surface area (Å²) in [6.45, 7) is 0.683. The Balaban J connectivity index is 2.35. The number of carboxylic acids is 1. The van der Waals surface area contributed by atoms with Gasteiger partial charge in [-0.3, -0.25) is 4.79 Å². The molecule has 1 aromatic carbocycles. The Morgan fingerprint density at radius 1 is 1.41 bits per heavy atom. The van der Waals surface area contributed by atoms with Crippen molar-refractivity contribution in [3.63, 3.8) is 0 Å². The zero-order valence-corrected chi connectivity index (χ0v) is 9.72. The third-order valence-electron chi connectivity index (χ3n) is 2.35. The van der Waals surface area contributed by atoms with E-state index >= 15 is 0 Å². The number of hydrogen-bond acceptors (Lipinski definition) is 4. The van der Waals surface area contributed by atoms with E-state index in [0.717, 1.165) is 11.3 Å². The van der Waals surface area contributed by atoms with Crippen LogP contribution in [0, 0.1) is 0 Å². The Morgan fingerprint density at radius 2 is 2.06 bits per heavy atom. The lowest BCUT2D eigenvalue weighted by molar-refractivity contribution is -0.136. The second kappa shape index (κ2) is 6.88. The van der Waals surface area contributed by atoms with Crippen LogP contribution in [-0.2, 0) is 4.79 Å². The van der Waals surface area contributed by atoms with Crippen LogP contribution >= 0.6 is 0 Å². The molecule has 0 saturated carbocycles. The molecular formula is C12H17NO4. The van der Waals surface area contributed by atoms with E-state index in [1.165, 1.54) is 0 Å². The van der Waals surface area contributed by atoms with E-state index in [1.54, 1.807) is 31.4 Å². The van der Waals surface area contributed by atoms with Crippen LogP contribution < -0.4 is 10.1 Å². The maximum atomic E-state index is 10.3. The molecule has 0 saturated heterocycles. The van der Waals surface area contributed by atoms with Crippen LogP contribution in [0.1, 0.15) is 18.1 Å². The van der Waals surface area contributed by atoms with Gasteiger partial charge < -0.3 is 20.3 Å². The Labute approximate surface area is 100 Å². The highest BCUT2D eigenvalue weighted by molar-refractivity contribution is 5.66. The van der Waals surface area contributed by atoms with Crippen LogP contribution in [0.15, 0.2) is 24.3 Å². The number of benzene rings is 1. The number of aliphatic hydroxyl groups is 1. The monoisotopic (exact) mass is 239 g/mol. The molecule has 0 radical (unpaired) electrons. The summed E-state index contributed by atoms with van der Waals surface area (Å²) in [7, 11) is 1.58. The SMILES string of the molecule is COc1ccc(C(O)CNCCC(=O)O)cc1. The van der Waals surface area contributed by atoms with Crippen molar-refractivity contribution in [2.24, 2.45) is 0 Å². The molecule has 1 unspecified atom stereocenters. The summed E-state index contributed by atoms with van der Waals surface area (Å²) in [5, 5.41) is 21.1. The van der Waals surface area contributed by atoms with Crippen LogP contribution in [0.25, 0.3) is 0 Å². The lowest BCUT2D eigenvalue weighted by Gasteiger charge is -2.12. The van der Waals surface area contributed by atoms with Gasteiger partial charge in [-0.1, -0.05) is 12.1 Å². The number of hydrogen-bond donors (Lipinski definition) is 3. The summed E-state index contributed by atoms with van der Waals surface area (Å²) in [6, 6.07) is 7.11. The van der Waals surface area contributed by atoms with Crippen molar-refractivity contribution in [3.05, 3.63) is 29.8 Å². The lowest BCUT2D eigenvalue weighted by Crippen LogP contribution is -2.24. The van der Waals surface area contributed by atoms with Crippen molar-refractivity contribution in [2.75, 3.05) is 20.2 Å². The molecule has 94 valence electrons. The molecule has 5 nitrogen and oxygen atoms in total. The fourth-order valence-corrected chi connectivity index (χ4v) is 1.38. The Morgan fingerprint density at radius 3 is 2.59 bits per heavy atom. The summed E-state index contributed by atoms with van der Waals surface area (Å²) < 4.78 is 5.01. The van der Waals surface area contributed by atoms with Crippen molar-refractivity contribution in [1.29, 1.82) is 0 Å². The number of rotatable bonds is 7. The molecule has 5 heteroatoms. The van der Waals surface area contributed by atoms with Gasteiger partial charge in [0.1, 0.15) is 5.75 Å². The normalized spacial score (nSPS) is 12.1. The maximum absolute atomic E-state index is 10.3. The van der Waals surface area contributed by atoms with Crippen molar-refractivity contribution in [3.8, 4) is 5.75 Å². The number of aliphatic carboxylic acids is 1. The van der Waals surface area contributed by atoms with Gasteiger partial charge in [-0.2, -0.15) is 0 Å². The molecule has 0 aromatic heterocycles. The van der Waals surface area contributed by atoms with Crippen molar-refractivity contribution in [2.45, 2.75) is 12.5 Å². The van der Waals surface area contributed by atoms with E-state index in [2.05, 4.69) is 5.32 Å². The molecule has 0 heterocycles. The minimum atomic E-state index is -0.851. The smallest absolute Gasteiger partial charge is 0.304 e. The van der Waals surface area contributed by atoms with Gasteiger partial charge >= 0.3 is 5.97 Å². The fourth-order valence-electron chi connectivity index (χ4n) is 1.38. The Kier molecular flexibility index (Phi) is 5.45. The van der Waals surface area contributed by atoms with E-state index in [1.807, 2.05) is 0 Å². The van der Waals surface area contributed by atoms with Crippen LogP contribution in [0.3, 0.4) is 0 Å². The van der Waals surface area contributed by atoms with Crippen LogP contribution in [0.4, 0.5) is 0 Å². The van der Waals surface area contributed by atoms with Crippen molar-refractivity contribution in [1.82, 2.24) is 5.32 Å². The molecule has 1 aromatic rings. The van der Waals surface area contributed by atoms with Gasteiger partial charge in [0.2, 0.25) is 0 Å². The lowest BCUT2D eigenvalue weighted by atomic mass is 10.1. The standard InChI is InChI=1S/C12H17NO4/c1-17-10-4-2-9(3-5-10)11(14)8-13-7-6-12(15)16/h2-5,11,13-14H,6-8H2,1H3,(H,15,16). The molecule has 17 heavy (non-hydrogen) atoms. The van der Waals surface area contributed by atoms with E-state index < -0.39 is 12.1 Å². The Hall–Kier alpha value is -1.59. The number of carboxylic acid groups (broad SMARTS) is 1. The molecule has 0 fully saturated rings. The van der Waals surface area contributed by atoms with E-state index in [9.17, 15) is 9.90 Å². The van der Waals surface area contributed by atoms with Crippen molar-refractivity contribution >= 4 is 5.97 Å². The summed E-state index contributed by atoms with van der Waals surface area (Å²) in [5.41, 5.74) is 0.772. The average molecular weight is 239 g/mol. The molecular weight excluding hydrogens is 222 g/mol. The number of methoxy groups -OCH3 is 1. The summed E-state index contributed by atoms with van der Waals surface area (Å²) >= 11 is 0. The molecule has 0 amide bonds. The molecule has 0 aliphatic rings. The van der Waals surface area contributed by atoms with E-state index in [0.29, 0.717) is 13.1 Å². The first-order valence-corrected chi connectivity index (χ1v) is 5.38. The molecule has 0 aliphatic heterocycles. The van der Waals surface area contributed by atoms with Crippen LogP contribution in [-0.4, -0.2) is 36.4 Å². The van der Waals surface area contributed by atoms with Crippen molar-refractivity contribution < 1.29 is 19.7 Å². The summed E-state index contributed by atoms with van der Waals surface area (Å²) in [5.74, 6) is -0.115. The fraction of sp³-hybridized carbons (Fsp3) is 0.417. The van der Waals surface area contributed by atoms with E-state index in [4.69, 9.17) is 9.84 Å². The largest absolute Gasteiger partial charge is 0.497 e. The highest BCUT2D eigenvalue weighted by atomic mass is 16.5. The number of carbonyl (C=O) groups is 1. The topological polar surface area (TPSA) is 78.8 Å². The highest BCUT2D eigenvalue weighted by Gasteiger charge is 2.07. The molecule has 3 N–H and O–H groups in total. The minimum Gasteiger partial charge on any atom is -0.497 e. The second-order valence-corrected chi connectivity index (χ2v) is 3.64. The zero-order valence-electron chi connectivity index (χ0n) is 9.72. The third-order valence-corrected chi connectivity index (χ3v) is 2.35. The number of nitrogens with one attached hydrogen (secondary N) is 1. The van der Waals surface area contributed by atoms with Gasteiger partial charge in [-0.05, 0) is 17.7 Å². The van der Waals surface area contributed by atoms with Gasteiger partial charge in [0.25, 0.3) is 0 Å². The number of aliphatic hydroxyl groups excluding tert-OH is 1. The van der Waals surface area contributed by atoms with E-state index in [-0.39, 0.29) is 6.42 Å². The molecule has 0 bridgehead atoms. The molecule has 0 aliphatic carbocycles. The second-order valence-electron chi connectivity index (χ2n) is 3.64. The third kappa shape index (κ3) is 4.84. The minimum absolute atomic E-state index is 0.0509. The summed E-state index contributed by atoms with van der Waals surface area (Å²) in [4.78, 5) is 10.3. The first kappa shape index (κ1) is 13.5. The summed E-state index contributed by atoms with van der Waals surface area (Å²) in [6.07, 6.45) is -0.593. The maximum Gasteiger partial charge on any atom is 0.304 e. The average Bonchev–Trinajstić information content (AvgIpc) is 2.34. The zero-order chi connectivity index (χ0) is 12.7. The van der Waals surface area contributed by atoms with Gasteiger partial charge in [-0.25, -0.2) is 0 Å². The highest BCUT2D eigenvalue weighted by Crippen LogP contribution is 2.16.